The molecule has 0 aromatic rings. The topological polar surface area (TPSA) is 0 Å². The maximum atomic E-state index is 6.50. The van der Waals surface area contributed by atoms with E-state index in [9.17, 15) is 0 Å². The zero-order valence-electron chi connectivity index (χ0n) is 8.49. The molecule has 0 nitrogen and oxygen atoms in total. The van der Waals surface area contributed by atoms with Crippen LogP contribution >= 0.6 is 22.2 Å². The van der Waals surface area contributed by atoms with Crippen molar-refractivity contribution < 1.29 is 0 Å². The highest BCUT2D eigenvalue weighted by Gasteiger charge is 2.37. The maximum Gasteiger partial charge on any atom is 0.254 e. The average Bonchev–Trinajstić information content (AvgIpc) is 2.16. The Kier molecular flexibility index (Phi) is 5.13. The van der Waals surface area contributed by atoms with Gasteiger partial charge in [-0.2, -0.15) is 0 Å². The lowest BCUT2D eigenvalue weighted by molar-refractivity contribution is 0.496. The van der Waals surface area contributed by atoms with Crippen molar-refractivity contribution in [2.24, 2.45) is 0 Å². The van der Waals surface area contributed by atoms with Crippen LogP contribution in [0.4, 0.5) is 0 Å². The van der Waals surface area contributed by atoms with Gasteiger partial charge in [0.05, 0.1) is 0 Å². The standard InChI is InChI=1S/C10H20Cl2Si/c1-2-3-9-13(11,12)10-7-5-4-6-8-10/h10H,2-9H2,1H3. The lowest BCUT2D eigenvalue weighted by Gasteiger charge is -2.30. The Bertz CT molecular complexity index is 142. The van der Waals surface area contributed by atoms with Crippen molar-refractivity contribution in [1.29, 1.82) is 0 Å². The van der Waals surface area contributed by atoms with Crippen LogP contribution in [-0.4, -0.2) is 6.69 Å². The van der Waals surface area contributed by atoms with E-state index in [-0.39, 0.29) is 0 Å². The zero-order valence-corrected chi connectivity index (χ0v) is 11.0. The van der Waals surface area contributed by atoms with Gasteiger partial charge in [0, 0.05) is 0 Å². The minimum Gasteiger partial charge on any atom is -0.146 e. The maximum absolute atomic E-state index is 6.50. The molecular weight excluding hydrogens is 219 g/mol. The van der Waals surface area contributed by atoms with Gasteiger partial charge in [0.2, 0.25) is 0 Å². The Hall–Kier alpha value is 0.797. The summed E-state index contributed by atoms with van der Waals surface area (Å²) in [6.07, 6.45) is 9.13. The van der Waals surface area contributed by atoms with Gasteiger partial charge in [-0.15, -0.1) is 22.2 Å². The average molecular weight is 239 g/mol. The van der Waals surface area contributed by atoms with E-state index < -0.39 is 6.69 Å². The SMILES string of the molecule is CCCC[Si](Cl)(Cl)C1CCCCC1. The van der Waals surface area contributed by atoms with Crippen LogP contribution in [0.5, 0.6) is 0 Å². The number of unbranched alkanes of at least 4 members (excludes halogenated alkanes) is 1. The molecule has 0 unspecified atom stereocenters. The second-order valence-corrected chi connectivity index (χ2v) is 11.7. The molecule has 0 saturated heterocycles. The van der Waals surface area contributed by atoms with Gasteiger partial charge < -0.3 is 0 Å². The minimum absolute atomic E-state index is 0.691. The van der Waals surface area contributed by atoms with E-state index in [1.807, 2.05) is 0 Å². The predicted molar refractivity (Wildman–Crippen MR) is 64.0 cm³/mol. The molecule has 0 bridgehead atoms. The van der Waals surface area contributed by atoms with Crippen molar-refractivity contribution in [3.63, 3.8) is 0 Å². The van der Waals surface area contributed by atoms with Gasteiger partial charge in [0.15, 0.2) is 0 Å². The van der Waals surface area contributed by atoms with Crippen LogP contribution in [0.3, 0.4) is 0 Å². The highest BCUT2D eigenvalue weighted by Crippen LogP contribution is 2.44. The smallest absolute Gasteiger partial charge is 0.146 e. The Morgan fingerprint density at radius 2 is 1.77 bits per heavy atom. The molecule has 0 atom stereocenters. The molecule has 1 aliphatic rings. The molecule has 3 heteroatoms. The van der Waals surface area contributed by atoms with Crippen LogP contribution < -0.4 is 0 Å². The van der Waals surface area contributed by atoms with E-state index in [1.165, 1.54) is 44.9 Å². The molecule has 0 spiro atoms. The first-order valence-corrected chi connectivity index (χ1v) is 9.85. The third-order valence-electron chi connectivity index (χ3n) is 3.07. The predicted octanol–water partition coefficient (Wildman–Crippen LogP) is 5.04. The van der Waals surface area contributed by atoms with Crippen LogP contribution in [-0.2, 0) is 0 Å². The fraction of sp³-hybridized carbons (Fsp3) is 1.00. The molecule has 1 fully saturated rings. The van der Waals surface area contributed by atoms with Crippen LogP contribution in [0.1, 0.15) is 51.9 Å². The van der Waals surface area contributed by atoms with Crippen molar-refractivity contribution in [2.75, 3.05) is 0 Å². The van der Waals surface area contributed by atoms with Crippen LogP contribution in [0.2, 0.25) is 11.6 Å². The number of halogens is 2. The zero-order chi connectivity index (χ0) is 9.73. The quantitative estimate of drug-likeness (QED) is 0.476. The van der Waals surface area contributed by atoms with Crippen molar-refractivity contribution in [3.8, 4) is 0 Å². The molecule has 1 saturated carbocycles. The molecular formula is C10H20Cl2Si. The molecule has 0 aromatic carbocycles. The Morgan fingerprint density at radius 1 is 1.15 bits per heavy atom. The van der Waals surface area contributed by atoms with Gasteiger partial charge in [-0.3, -0.25) is 0 Å². The lowest BCUT2D eigenvalue weighted by atomic mass is 10.0. The van der Waals surface area contributed by atoms with Gasteiger partial charge in [-0.05, 0) is 11.6 Å². The lowest BCUT2D eigenvalue weighted by Crippen LogP contribution is -2.28. The summed E-state index contributed by atoms with van der Waals surface area (Å²) >= 11 is 13.0. The molecule has 1 rings (SSSR count). The number of rotatable bonds is 4. The normalized spacial score (nSPS) is 20.5. The fourth-order valence-electron chi connectivity index (χ4n) is 2.14. The highest BCUT2D eigenvalue weighted by molar-refractivity contribution is 7.46. The minimum atomic E-state index is -1.88. The van der Waals surface area contributed by atoms with Gasteiger partial charge in [0.1, 0.15) is 0 Å². The van der Waals surface area contributed by atoms with E-state index in [0.717, 1.165) is 6.04 Å². The Labute approximate surface area is 92.4 Å². The molecule has 0 aliphatic heterocycles. The van der Waals surface area contributed by atoms with E-state index >= 15 is 0 Å². The summed E-state index contributed by atoms with van der Waals surface area (Å²) in [4.78, 5) is 0. The van der Waals surface area contributed by atoms with Gasteiger partial charge in [-0.1, -0.05) is 51.9 Å². The van der Waals surface area contributed by atoms with Crippen LogP contribution in [0, 0.1) is 0 Å². The third kappa shape index (κ3) is 3.81. The molecule has 0 radical (unpaired) electrons. The van der Waals surface area contributed by atoms with E-state index in [2.05, 4.69) is 6.92 Å². The molecule has 13 heavy (non-hydrogen) atoms. The summed E-state index contributed by atoms with van der Waals surface area (Å²) in [6.45, 7) is 0.328. The van der Waals surface area contributed by atoms with Crippen molar-refractivity contribution in [2.45, 2.75) is 63.5 Å². The summed E-state index contributed by atoms with van der Waals surface area (Å²) in [6, 6.07) is 1.11. The summed E-state index contributed by atoms with van der Waals surface area (Å²) in [5, 5.41) is 0. The molecule has 1 aliphatic carbocycles. The third-order valence-corrected chi connectivity index (χ3v) is 8.84. The second kappa shape index (κ2) is 5.62. The van der Waals surface area contributed by atoms with Crippen molar-refractivity contribution in [3.05, 3.63) is 0 Å². The first-order valence-electron chi connectivity index (χ1n) is 5.54. The highest BCUT2D eigenvalue weighted by atomic mass is 35.7. The molecule has 0 amide bonds. The first kappa shape index (κ1) is 11.9. The summed E-state index contributed by atoms with van der Waals surface area (Å²) in [5.41, 5.74) is 0.691. The van der Waals surface area contributed by atoms with Gasteiger partial charge in [-0.25, -0.2) is 0 Å². The van der Waals surface area contributed by atoms with E-state index in [4.69, 9.17) is 22.2 Å². The Balaban J connectivity index is 2.36. The van der Waals surface area contributed by atoms with Gasteiger partial charge in [0.25, 0.3) is 6.69 Å². The number of hydrogen-bond acceptors (Lipinski definition) is 0. The summed E-state index contributed by atoms with van der Waals surface area (Å²) in [7, 11) is 0. The van der Waals surface area contributed by atoms with Crippen LogP contribution in [0.15, 0.2) is 0 Å². The molecule has 0 aromatic heterocycles. The van der Waals surface area contributed by atoms with Crippen LogP contribution in [0.25, 0.3) is 0 Å². The summed E-state index contributed by atoms with van der Waals surface area (Å²) < 4.78 is 0. The monoisotopic (exact) mass is 238 g/mol. The van der Waals surface area contributed by atoms with Crippen molar-refractivity contribution >= 4 is 28.9 Å². The summed E-state index contributed by atoms with van der Waals surface area (Å²) in [5.74, 6) is 0. The molecule has 0 heterocycles. The number of hydrogen-bond donors (Lipinski definition) is 0. The van der Waals surface area contributed by atoms with Crippen molar-refractivity contribution in [1.82, 2.24) is 0 Å². The van der Waals surface area contributed by atoms with E-state index in [1.54, 1.807) is 0 Å². The first-order chi connectivity index (χ1) is 6.17. The largest absolute Gasteiger partial charge is 0.254 e. The molecule has 0 N–H and O–H groups in total. The second-order valence-electron chi connectivity index (χ2n) is 4.20. The Morgan fingerprint density at radius 3 is 2.31 bits per heavy atom. The van der Waals surface area contributed by atoms with E-state index in [0.29, 0.717) is 5.54 Å². The van der Waals surface area contributed by atoms with Gasteiger partial charge >= 0.3 is 0 Å². The molecule has 78 valence electrons. The fourth-order valence-corrected chi connectivity index (χ4v) is 6.74.